The van der Waals surface area contributed by atoms with Gasteiger partial charge in [0.05, 0.1) is 11.6 Å². The minimum absolute atomic E-state index is 0.000314. The first kappa shape index (κ1) is 19.4. The molecule has 4 heterocycles. The van der Waals surface area contributed by atoms with E-state index in [9.17, 15) is 4.79 Å². The maximum Gasteiger partial charge on any atom is 0.272 e. The standard InChI is InChI=1S/C20H19ClN8O2/c1-9(25-19(30)15-14(21)16(22)24-8-23-15)12-7-11(29-31-12)18-26-10-3-4-13(20(2)5-6-20)27-17(10)28-18/h3-4,7-9H,5-6H2,1-2H3,(H,25,30)(H2,22,23,24)(H,26,27,28). The van der Waals surface area contributed by atoms with Crippen molar-refractivity contribution in [1.29, 1.82) is 0 Å². The Morgan fingerprint density at radius 2 is 2.13 bits per heavy atom. The molecular formula is C20H19ClN8O2. The lowest BCUT2D eigenvalue weighted by molar-refractivity contribution is 0.0929. The van der Waals surface area contributed by atoms with Gasteiger partial charge >= 0.3 is 0 Å². The fourth-order valence-electron chi connectivity index (χ4n) is 3.28. The number of imidazole rings is 1. The van der Waals surface area contributed by atoms with E-state index < -0.39 is 11.9 Å². The van der Waals surface area contributed by atoms with Crippen molar-refractivity contribution in [3.05, 3.63) is 46.7 Å². The van der Waals surface area contributed by atoms with Crippen LogP contribution in [0.3, 0.4) is 0 Å². The molecule has 1 fully saturated rings. The van der Waals surface area contributed by atoms with Crippen molar-refractivity contribution in [2.75, 3.05) is 5.73 Å². The number of fused-ring (bicyclic) bond motifs is 1. The predicted octanol–water partition coefficient (Wildman–Crippen LogP) is 3.18. The lowest BCUT2D eigenvalue weighted by atomic mass is 10.1. The van der Waals surface area contributed by atoms with Gasteiger partial charge in [0.15, 0.2) is 22.9 Å². The van der Waals surface area contributed by atoms with E-state index in [4.69, 9.17) is 26.8 Å². The number of H-pyrrole nitrogens is 1. The van der Waals surface area contributed by atoms with Gasteiger partial charge < -0.3 is 20.6 Å². The number of nitrogens with zero attached hydrogens (tertiary/aromatic N) is 5. The molecule has 1 aliphatic carbocycles. The fraction of sp³-hybridized carbons (Fsp3) is 0.300. The topological polar surface area (TPSA) is 148 Å². The summed E-state index contributed by atoms with van der Waals surface area (Å²) in [6, 6.07) is 5.24. The van der Waals surface area contributed by atoms with Gasteiger partial charge in [0.2, 0.25) is 0 Å². The number of carbonyl (C=O) groups is 1. The van der Waals surface area contributed by atoms with Gasteiger partial charge in [-0.1, -0.05) is 23.7 Å². The van der Waals surface area contributed by atoms with Gasteiger partial charge in [0, 0.05) is 17.2 Å². The van der Waals surface area contributed by atoms with Crippen LogP contribution in [0.5, 0.6) is 0 Å². The lowest BCUT2D eigenvalue weighted by Crippen LogP contribution is -2.27. The highest BCUT2D eigenvalue weighted by atomic mass is 35.5. The first-order valence-corrected chi connectivity index (χ1v) is 10.1. The van der Waals surface area contributed by atoms with E-state index in [1.165, 1.54) is 6.33 Å². The van der Waals surface area contributed by atoms with Gasteiger partial charge in [-0.3, -0.25) is 4.79 Å². The van der Waals surface area contributed by atoms with E-state index in [0.717, 1.165) is 24.1 Å². The normalized spacial score (nSPS) is 15.7. The van der Waals surface area contributed by atoms with Crippen LogP contribution in [0.1, 0.15) is 54.7 Å². The third-order valence-electron chi connectivity index (χ3n) is 5.54. The Bertz CT molecular complexity index is 1310. The van der Waals surface area contributed by atoms with E-state index in [0.29, 0.717) is 22.9 Å². The molecule has 4 aromatic heterocycles. The van der Waals surface area contributed by atoms with Crippen LogP contribution in [0.4, 0.5) is 5.82 Å². The van der Waals surface area contributed by atoms with Crippen LogP contribution in [0.25, 0.3) is 22.7 Å². The van der Waals surface area contributed by atoms with Crippen molar-refractivity contribution < 1.29 is 9.32 Å². The van der Waals surface area contributed by atoms with E-state index in [2.05, 4.69) is 37.3 Å². The third kappa shape index (κ3) is 3.48. The minimum Gasteiger partial charge on any atom is -0.382 e. The van der Waals surface area contributed by atoms with Gasteiger partial charge in [-0.25, -0.2) is 19.9 Å². The van der Waals surface area contributed by atoms with E-state index in [1.807, 2.05) is 12.1 Å². The molecule has 0 radical (unpaired) electrons. The molecule has 0 saturated heterocycles. The highest BCUT2D eigenvalue weighted by Gasteiger charge is 2.40. The molecule has 1 aliphatic rings. The molecule has 1 atom stereocenters. The number of carbonyl (C=O) groups excluding carboxylic acids is 1. The number of amides is 1. The van der Waals surface area contributed by atoms with Gasteiger partial charge in [-0.05, 0) is 31.9 Å². The molecule has 1 saturated carbocycles. The molecular weight excluding hydrogens is 420 g/mol. The molecule has 4 aromatic rings. The number of aromatic nitrogens is 6. The number of halogens is 1. The van der Waals surface area contributed by atoms with Crippen LogP contribution in [0.15, 0.2) is 29.0 Å². The molecule has 158 valence electrons. The Hall–Kier alpha value is -3.53. The summed E-state index contributed by atoms with van der Waals surface area (Å²) in [5.74, 6) is 0.522. The molecule has 1 unspecified atom stereocenters. The van der Waals surface area contributed by atoms with Crippen LogP contribution in [0.2, 0.25) is 5.02 Å². The average molecular weight is 439 g/mol. The van der Waals surface area contributed by atoms with Gasteiger partial charge in [-0.15, -0.1) is 0 Å². The van der Waals surface area contributed by atoms with Crippen LogP contribution in [-0.4, -0.2) is 36.0 Å². The number of nitrogen functional groups attached to an aromatic ring is 1. The molecule has 11 heteroatoms. The maximum atomic E-state index is 12.5. The van der Waals surface area contributed by atoms with Crippen molar-refractivity contribution in [2.24, 2.45) is 0 Å². The summed E-state index contributed by atoms with van der Waals surface area (Å²) in [7, 11) is 0. The molecule has 1 amide bonds. The SMILES string of the molecule is CC(NC(=O)c1ncnc(N)c1Cl)c1cc(-c2nc3nc(C4(C)CC4)ccc3[nH]2)no1. The van der Waals surface area contributed by atoms with Crippen LogP contribution < -0.4 is 11.1 Å². The first-order valence-electron chi connectivity index (χ1n) is 9.75. The van der Waals surface area contributed by atoms with Gasteiger partial charge in [-0.2, -0.15) is 0 Å². The van der Waals surface area contributed by atoms with Crippen LogP contribution in [-0.2, 0) is 5.41 Å². The number of hydrogen-bond donors (Lipinski definition) is 3. The zero-order valence-corrected chi connectivity index (χ0v) is 17.6. The average Bonchev–Trinajstić information content (AvgIpc) is 3.17. The molecule has 31 heavy (non-hydrogen) atoms. The van der Waals surface area contributed by atoms with Crippen LogP contribution >= 0.6 is 11.6 Å². The van der Waals surface area contributed by atoms with Crippen molar-refractivity contribution in [3.63, 3.8) is 0 Å². The van der Waals surface area contributed by atoms with E-state index >= 15 is 0 Å². The highest BCUT2D eigenvalue weighted by Crippen LogP contribution is 2.46. The third-order valence-corrected chi connectivity index (χ3v) is 5.91. The molecule has 4 N–H and O–H groups in total. The number of rotatable bonds is 5. The quantitative estimate of drug-likeness (QED) is 0.430. The second kappa shape index (κ2) is 7.02. The van der Waals surface area contributed by atoms with Crippen LogP contribution in [0, 0.1) is 0 Å². The second-order valence-electron chi connectivity index (χ2n) is 7.94. The van der Waals surface area contributed by atoms with Crippen molar-refractivity contribution >= 4 is 34.5 Å². The largest absolute Gasteiger partial charge is 0.382 e. The minimum atomic E-state index is -0.501. The molecule has 5 rings (SSSR count). The highest BCUT2D eigenvalue weighted by molar-refractivity contribution is 6.35. The summed E-state index contributed by atoms with van der Waals surface area (Å²) in [6.07, 6.45) is 3.47. The fourth-order valence-corrected chi connectivity index (χ4v) is 3.46. The molecule has 0 aliphatic heterocycles. The van der Waals surface area contributed by atoms with Gasteiger partial charge in [0.25, 0.3) is 5.91 Å². The van der Waals surface area contributed by atoms with Gasteiger partial charge in [0.1, 0.15) is 22.9 Å². The monoisotopic (exact) mass is 438 g/mol. The van der Waals surface area contributed by atoms with E-state index in [1.54, 1.807) is 13.0 Å². The van der Waals surface area contributed by atoms with Crippen molar-refractivity contribution in [2.45, 2.75) is 38.1 Å². The van der Waals surface area contributed by atoms with Crippen molar-refractivity contribution in [1.82, 2.24) is 35.4 Å². The number of aromatic amines is 1. The maximum absolute atomic E-state index is 12.5. The Labute approximate surface area is 181 Å². The number of nitrogens with two attached hydrogens (primary N) is 1. The molecule has 10 nitrogen and oxygen atoms in total. The lowest BCUT2D eigenvalue weighted by Gasteiger charge is -2.11. The summed E-state index contributed by atoms with van der Waals surface area (Å²) in [5, 5.41) is 6.84. The summed E-state index contributed by atoms with van der Waals surface area (Å²) in [6.45, 7) is 3.96. The summed E-state index contributed by atoms with van der Waals surface area (Å²) in [4.78, 5) is 32.6. The number of pyridine rings is 1. The molecule has 0 bridgehead atoms. The molecule has 0 spiro atoms. The molecule has 0 aromatic carbocycles. The Morgan fingerprint density at radius 1 is 1.32 bits per heavy atom. The first-order chi connectivity index (χ1) is 14.8. The summed E-state index contributed by atoms with van der Waals surface area (Å²) in [5.41, 5.74) is 8.82. The Morgan fingerprint density at radius 3 is 2.90 bits per heavy atom. The smallest absolute Gasteiger partial charge is 0.272 e. The zero-order valence-electron chi connectivity index (χ0n) is 16.8. The predicted molar refractivity (Wildman–Crippen MR) is 113 cm³/mol. The second-order valence-corrected chi connectivity index (χ2v) is 8.32. The number of nitrogens with one attached hydrogen (secondary N) is 2. The van der Waals surface area contributed by atoms with E-state index in [-0.39, 0.29) is 21.9 Å². The Kier molecular flexibility index (Phi) is 4.40. The summed E-state index contributed by atoms with van der Waals surface area (Å²) >= 11 is 6.02. The summed E-state index contributed by atoms with van der Waals surface area (Å²) < 4.78 is 5.42. The number of anilines is 1. The Balaban J connectivity index is 1.35. The van der Waals surface area contributed by atoms with Crippen molar-refractivity contribution in [3.8, 4) is 11.5 Å². The zero-order chi connectivity index (χ0) is 21.8. The number of hydrogen-bond acceptors (Lipinski definition) is 8.